The fourth-order valence-electron chi connectivity index (χ4n) is 3.33. The van der Waals surface area contributed by atoms with E-state index in [1.54, 1.807) is 0 Å². The standard InChI is InChI=1S/C21H18ClF2NO7S/c1-12(11-31-21(28)32-25-18(26)8-9-19(25)27)20(16-10-14(23)4-7-17(16)24)33(29,30)15-5-2-13(22)3-6-15/h2-7,10,12,20H,8-9,11H2,1H3/t12-,20+/m1/s1. The average molecular weight is 502 g/mol. The second kappa shape index (κ2) is 9.84. The molecule has 2 aromatic carbocycles. The number of benzene rings is 2. The van der Waals surface area contributed by atoms with E-state index in [9.17, 15) is 31.6 Å². The Hall–Kier alpha value is -3.05. The summed E-state index contributed by atoms with van der Waals surface area (Å²) < 4.78 is 60.0. The van der Waals surface area contributed by atoms with Gasteiger partial charge in [-0.3, -0.25) is 14.4 Å². The van der Waals surface area contributed by atoms with Crippen LogP contribution < -0.4 is 0 Å². The van der Waals surface area contributed by atoms with E-state index in [1.165, 1.54) is 31.2 Å². The molecule has 1 aliphatic heterocycles. The van der Waals surface area contributed by atoms with Gasteiger partial charge in [-0.2, -0.15) is 0 Å². The molecular weight excluding hydrogens is 484 g/mol. The van der Waals surface area contributed by atoms with Crippen LogP contribution in [0, 0.1) is 17.6 Å². The number of sulfone groups is 1. The molecule has 0 aromatic heterocycles. The first-order chi connectivity index (χ1) is 15.5. The van der Waals surface area contributed by atoms with Crippen molar-refractivity contribution >= 4 is 39.4 Å². The number of nitrogens with zero attached hydrogens (tertiary/aromatic N) is 1. The lowest BCUT2D eigenvalue weighted by Crippen LogP contribution is -2.33. The first kappa shape index (κ1) is 24.6. The minimum absolute atomic E-state index is 0.122. The maximum Gasteiger partial charge on any atom is 0.533 e. The van der Waals surface area contributed by atoms with Gasteiger partial charge in [-0.25, -0.2) is 22.0 Å². The van der Waals surface area contributed by atoms with E-state index in [4.69, 9.17) is 16.3 Å². The number of amides is 2. The highest BCUT2D eigenvalue weighted by molar-refractivity contribution is 7.91. The summed E-state index contributed by atoms with van der Waals surface area (Å²) in [7, 11) is -4.31. The molecule has 0 N–H and O–H groups in total. The van der Waals surface area contributed by atoms with Crippen molar-refractivity contribution in [2.24, 2.45) is 5.92 Å². The quantitative estimate of drug-likeness (QED) is 0.417. The third-order valence-electron chi connectivity index (χ3n) is 4.89. The molecule has 1 aliphatic rings. The van der Waals surface area contributed by atoms with Gasteiger partial charge in [-0.05, 0) is 42.5 Å². The Morgan fingerprint density at radius 3 is 2.30 bits per heavy atom. The Kier molecular flexibility index (Phi) is 7.33. The molecule has 176 valence electrons. The molecule has 1 saturated heterocycles. The van der Waals surface area contributed by atoms with Gasteiger partial charge in [0.15, 0.2) is 9.84 Å². The molecule has 2 amide bonds. The number of hydrogen-bond acceptors (Lipinski definition) is 7. The molecule has 0 radical (unpaired) electrons. The van der Waals surface area contributed by atoms with Crippen molar-refractivity contribution in [1.29, 1.82) is 0 Å². The summed E-state index contributed by atoms with van der Waals surface area (Å²) in [6.07, 6.45) is -1.67. The van der Waals surface area contributed by atoms with E-state index in [2.05, 4.69) is 4.84 Å². The summed E-state index contributed by atoms with van der Waals surface area (Å²) in [5.74, 6) is -4.38. The van der Waals surface area contributed by atoms with Crippen LogP contribution in [-0.2, 0) is 29.0 Å². The first-order valence-electron chi connectivity index (χ1n) is 9.65. The van der Waals surface area contributed by atoms with Crippen molar-refractivity contribution in [3.8, 4) is 0 Å². The van der Waals surface area contributed by atoms with Gasteiger partial charge in [-0.1, -0.05) is 23.6 Å². The fraction of sp³-hybridized carbons (Fsp3) is 0.286. The largest absolute Gasteiger partial charge is 0.533 e. The van der Waals surface area contributed by atoms with Crippen molar-refractivity contribution < 1.29 is 41.2 Å². The van der Waals surface area contributed by atoms with E-state index < -0.39 is 62.8 Å². The zero-order valence-electron chi connectivity index (χ0n) is 17.2. The Morgan fingerprint density at radius 2 is 1.70 bits per heavy atom. The van der Waals surface area contributed by atoms with Crippen molar-refractivity contribution in [2.45, 2.75) is 29.9 Å². The molecule has 0 bridgehead atoms. The highest BCUT2D eigenvalue weighted by Gasteiger charge is 2.38. The summed E-state index contributed by atoms with van der Waals surface area (Å²) in [6.45, 7) is 0.740. The fourth-order valence-corrected chi connectivity index (χ4v) is 5.47. The third kappa shape index (κ3) is 5.48. The van der Waals surface area contributed by atoms with Gasteiger partial charge in [-0.15, -0.1) is 0 Å². The van der Waals surface area contributed by atoms with Gasteiger partial charge < -0.3 is 4.74 Å². The third-order valence-corrected chi connectivity index (χ3v) is 7.46. The highest BCUT2D eigenvalue weighted by atomic mass is 35.5. The van der Waals surface area contributed by atoms with Crippen LogP contribution in [0.5, 0.6) is 0 Å². The van der Waals surface area contributed by atoms with Crippen LogP contribution in [0.3, 0.4) is 0 Å². The number of halogens is 3. The molecule has 0 aliphatic carbocycles. The van der Waals surface area contributed by atoms with Crippen LogP contribution in [0.15, 0.2) is 47.4 Å². The van der Waals surface area contributed by atoms with Crippen LogP contribution in [0.2, 0.25) is 5.02 Å². The topological polar surface area (TPSA) is 107 Å². The number of ether oxygens (including phenoxy) is 1. The number of hydrogen-bond donors (Lipinski definition) is 0. The van der Waals surface area contributed by atoms with Crippen LogP contribution in [0.4, 0.5) is 13.6 Å². The maximum atomic E-state index is 14.6. The number of carbonyl (C=O) groups is 3. The van der Waals surface area contributed by atoms with Gasteiger partial charge in [0.05, 0.1) is 16.8 Å². The number of hydroxylamine groups is 2. The lowest BCUT2D eigenvalue weighted by molar-refractivity contribution is -0.177. The van der Waals surface area contributed by atoms with E-state index in [0.29, 0.717) is 0 Å². The van der Waals surface area contributed by atoms with E-state index in [0.717, 1.165) is 18.2 Å². The minimum atomic E-state index is -4.31. The van der Waals surface area contributed by atoms with Gasteiger partial charge >= 0.3 is 6.16 Å². The average Bonchev–Trinajstić information content (AvgIpc) is 3.07. The zero-order valence-corrected chi connectivity index (χ0v) is 18.7. The summed E-state index contributed by atoms with van der Waals surface area (Å²) >= 11 is 5.81. The molecule has 1 fully saturated rings. The van der Waals surface area contributed by atoms with Gasteiger partial charge in [0, 0.05) is 29.3 Å². The Labute approximate surface area is 192 Å². The van der Waals surface area contributed by atoms with Crippen LogP contribution >= 0.6 is 11.6 Å². The van der Waals surface area contributed by atoms with Gasteiger partial charge in [0.1, 0.15) is 11.6 Å². The molecular formula is C21H18ClF2NO7S. The Morgan fingerprint density at radius 1 is 1.09 bits per heavy atom. The van der Waals surface area contributed by atoms with Crippen LogP contribution in [-0.4, -0.2) is 38.1 Å². The molecule has 0 unspecified atom stereocenters. The minimum Gasteiger partial charge on any atom is -0.432 e. The second-order valence-electron chi connectivity index (χ2n) is 7.30. The van der Waals surface area contributed by atoms with Crippen molar-refractivity contribution in [1.82, 2.24) is 5.06 Å². The summed E-state index contributed by atoms with van der Waals surface area (Å²) in [5, 5.41) is -1.12. The van der Waals surface area contributed by atoms with Gasteiger partial charge in [0.25, 0.3) is 11.8 Å². The molecule has 0 saturated carbocycles. The lowest BCUT2D eigenvalue weighted by Gasteiger charge is -2.25. The van der Waals surface area contributed by atoms with Crippen molar-refractivity contribution in [2.75, 3.05) is 6.61 Å². The predicted octanol–water partition coefficient (Wildman–Crippen LogP) is 3.99. The van der Waals surface area contributed by atoms with Crippen LogP contribution in [0.25, 0.3) is 0 Å². The lowest BCUT2D eigenvalue weighted by atomic mass is 10.0. The molecule has 2 atom stereocenters. The molecule has 3 rings (SSSR count). The molecule has 0 spiro atoms. The zero-order chi connectivity index (χ0) is 24.3. The van der Waals surface area contributed by atoms with Crippen molar-refractivity contribution in [3.63, 3.8) is 0 Å². The second-order valence-corrected chi connectivity index (χ2v) is 9.80. The van der Waals surface area contributed by atoms with Crippen LogP contribution in [0.1, 0.15) is 30.6 Å². The summed E-state index contributed by atoms with van der Waals surface area (Å²) in [4.78, 5) is 39.4. The monoisotopic (exact) mass is 501 g/mol. The number of rotatable bonds is 7. The number of carbonyl (C=O) groups excluding carboxylic acids is 3. The summed E-state index contributed by atoms with van der Waals surface area (Å²) in [5.41, 5.74) is -0.459. The summed E-state index contributed by atoms with van der Waals surface area (Å²) in [6, 6.07) is 7.48. The molecule has 12 heteroatoms. The first-order valence-corrected chi connectivity index (χ1v) is 11.6. The highest BCUT2D eigenvalue weighted by Crippen LogP contribution is 2.37. The number of imide groups is 1. The molecule has 2 aromatic rings. The molecule has 8 nitrogen and oxygen atoms in total. The Bertz CT molecular complexity index is 1170. The van der Waals surface area contributed by atoms with E-state index in [1.807, 2.05) is 0 Å². The molecule has 1 heterocycles. The normalized spacial score (nSPS) is 15.9. The van der Waals surface area contributed by atoms with Gasteiger partial charge in [0.2, 0.25) is 0 Å². The predicted molar refractivity (Wildman–Crippen MR) is 110 cm³/mol. The Balaban J connectivity index is 1.87. The van der Waals surface area contributed by atoms with E-state index >= 15 is 0 Å². The molecule has 33 heavy (non-hydrogen) atoms. The van der Waals surface area contributed by atoms with Crippen molar-refractivity contribution in [3.05, 3.63) is 64.7 Å². The SMILES string of the molecule is C[C@H](COC(=O)ON1C(=O)CCC1=O)[C@@H](c1cc(F)ccc1F)S(=O)(=O)c1ccc(Cl)cc1. The maximum absolute atomic E-state index is 14.6. The smallest absolute Gasteiger partial charge is 0.432 e. The van der Waals surface area contributed by atoms with E-state index in [-0.39, 0.29) is 27.8 Å².